The van der Waals surface area contributed by atoms with Crippen LogP contribution in [0, 0.1) is 26.6 Å². The minimum absolute atomic E-state index is 0.133. The van der Waals surface area contributed by atoms with E-state index in [9.17, 15) is 4.39 Å². The number of benzene rings is 2. The van der Waals surface area contributed by atoms with Crippen LogP contribution < -0.4 is 5.32 Å². The lowest BCUT2D eigenvalue weighted by Crippen LogP contribution is -2.20. The monoisotopic (exact) mass is 335 g/mol. The maximum Gasteiger partial charge on any atom is 0.131 e. The Balaban J connectivity index is 2.58. The van der Waals surface area contributed by atoms with E-state index in [2.05, 4.69) is 40.3 Å². The van der Waals surface area contributed by atoms with E-state index < -0.39 is 0 Å². The molecule has 1 unspecified atom stereocenters. The molecule has 2 aromatic rings. The van der Waals surface area contributed by atoms with E-state index in [0.29, 0.717) is 11.1 Å². The molecule has 1 atom stereocenters. The van der Waals surface area contributed by atoms with Crippen molar-refractivity contribution in [2.75, 3.05) is 7.05 Å². The Labute approximate surface area is 128 Å². The maximum absolute atomic E-state index is 14.4. The largest absolute Gasteiger partial charge is 0.309 e. The van der Waals surface area contributed by atoms with Gasteiger partial charge in [0.2, 0.25) is 0 Å². The predicted octanol–water partition coefficient (Wildman–Crippen LogP) is 4.82. The minimum Gasteiger partial charge on any atom is -0.309 e. The Kier molecular flexibility index (Phi) is 4.61. The van der Waals surface area contributed by atoms with Crippen LogP contribution >= 0.6 is 15.9 Å². The SMILES string of the molecule is CNC(c1cc(C)c(Br)cc1C)c1cccc(C)c1F. The van der Waals surface area contributed by atoms with E-state index in [4.69, 9.17) is 0 Å². The number of halogens is 2. The molecule has 106 valence electrons. The van der Waals surface area contributed by atoms with Gasteiger partial charge in [-0.15, -0.1) is 0 Å². The normalized spacial score (nSPS) is 12.5. The van der Waals surface area contributed by atoms with Crippen LogP contribution in [-0.4, -0.2) is 7.05 Å². The lowest BCUT2D eigenvalue weighted by molar-refractivity contribution is 0.568. The van der Waals surface area contributed by atoms with Crippen molar-refractivity contribution in [3.63, 3.8) is 0 Å². The topological polar surface area (TPSA) is 12.0 Å². The second-order valence-electron chi connectivity index (χ2n) is 5.16. The van der Waals surface area contributed by atoms with E-state index in [0.717, 1.165) is 21.2 Å². The van der Waals surface area contributed by atoms with Crippen molar-refractivity contribution >= 4 is 15.9 Å². The number of nitrogens with one attached hydrogen (secondary N) is 1. The molecule has 1 nitrogen and oxygen atoms in total. The van der Waals surface area contributed by atoms with E-state index in [1.807, 2.05) is 26.1 Å². The molecule has 0 aliphatic rings. The third-order valence-electron chi connectivity index (χ3n) is 3.68. The molecule has 0 radical (unpaired) electrons. The standard InChI is InChI=1S/C17H19BrFN/c1-10-6-5-7-13(16(10)19)17(20-4)14-8-12(3)15(18)9-11(14)2/h5-9,17,20H,1-4H3. The molecule has 0 aliphatic heterocycles. The van der Waals surface area contributed by atoms with Crippen molar-refractivity contribution in [2.45, 2.75) is 26.8 Å². The zero-order chi connectivity index (χ0) is 14.9. The van der Waals surface area contributed by atoms with E-state index >= 15 is 0 Å². The molecule has 0 heterocycles. The van der Waals surface area contributed by atoms with Crippen LogP contribution in [0.15, 0.2) is 34.8 Å². The van der Waals surface area contributed by atoms with Gasteiger partial charge >= 0.3 is 0 Å². The van der Waals surface area contributed by atoms with Gasteiger partial charge in [-0.3, -0.25) is 0 Å². The Morgan fingerprint density at radius 3 is 2.35 bits per heavy atom. The first kappa shape index (κ1) is 15.2. The van der Waals surface area contributed by atoms with Crippen LogP contribution in [0.3, 0.4) is 0 Å². The summed E-state index contributed by atoms with van der Waals surface area (Å²) < 4.78 is 15.5. The van der Waals surface area contributed by atoms with Gasteiger partial charge in [-0.05, 0) is 56.1 Å². The molecule has 0 amide bonds. The maximum atomic E-state index is 14.4. The molecule has 0 fully saturated rings. The van der Waals surface area contributed by atoms with Crippen LogP contribution in [-0.2, 0) is 0 Å². The summed E-state index contributed by atoms with van der Waals surface area (Å²) in [5, 5.41) is 3.23. The van der Waals surface area contributed by atoms with Gasteiger partial charge in [0, 0.05) is 10.0 Å². The molecule has 2 aromatic carbocycles. The molecule has 1 N–H and O–H groups in total. The highest BCUT2D eigenvalue weighted by atomic mass is 79.9. The fourth-order valence-corrected chi connectivity index (χ4v) is 2.94. The van der Waals surface area contributed by atoms with Crippen molar-refractivity contribution in [3.05, 3.63) is 68.4 Å². The van der Waals surface area contributed by atoms with Crippen molar-refractivity contribution in [1.82, 2.24) is 5.32 Å². The van der Waals surface area contributed by atoms with Crippen molar-refractivity contribution in [2.24, 2.45) is 0 Å². The average Bonchev–Trinajstić information content (AvgIpc) is 2.41. The van der Waals surface area contributed by atoms with Crippen LogP contribution in [0.5, 0.6) is 0 Å². The lowest BCUT2D eigenvalue weighted by atomic mass is 9.92. The van der Waals surface area contributed by atoms with Gasteiger partial charge in [0.15, 0.2) is 0 Å². The molecule has 0 saturated carbocycles. The van der Waals surface area contributed by atoms with Gasteiger partial charge in [-0.1, -0.05) is 40.2 Å². The van der Waals surface area contributed by atoms with Crippen LogP contribution in [0.25, 0.3) is 0 Å². The van der Waals surface area contributed by atoms with E-state index in [1.165, 1.54) is 0 Å². The Hall–Kier alpha value is -1.19. The fraction of sp³-hybridized carbons (Fsp3) is 0.294. The average molecular weight is 336 g/mol. The van der Waals surface area contributed by atoms with E-state index in [1.54, 1.807) is 13.0 Å². The minimum atomic E-state index is -0.137. The highest BCUT2D eigenvalue weighted by molar-refractivity contribution is 9.10. The summed E-state index contributed by atoms with van der Waals surface area (Å²) >= 11 is 3.54. The first-order valence-corrected chi connectivity index (χ1v) is 7.44. The molecule has 0 saturated heterocycles. The molecule has 0 spiro atoms. The molecule has 3 heteroatoms. The molecule has 20 heavy (non-hydrogen) atoms. The first-order chi connectivity index (χ1) is 9.45. The third-order valence-corrected chi connectivity index (χ3v) is 4.53. The molecule has 0 bridgehead atoms. The Bertz CT molecular complexity index is 637. The van der Waals surface area contributed by atoms with Crippen LogP contribution in [0.1, 0.15) is 33.9 Å². The first-order valence-electron chi connectivity index (χ1n) is 6.64. The van der Waals surface area contributed by atoms with Crippen molar-refractivity contribution in [3.8, 4) is 0 Å². The van der Waals surface area contributed by atoms with Crippen LogP contribution in [0.4, 0.5) is 4.39 Å². The molecule has 0 aromatic heterocycles. The number of rotatable bonds is 3. The van der Waals surface area contributed by atoms with Crippen LogP contribution in [0.2, 0.25) is 0 Å². The van der Waals surface area contributed by atoms with Gasteiger partial charge in [-0.2, -0.15) is 0 Å². The van der Waals surface area contributed by atoms with E-state index in [-0.39, 0.29) is 11.9 Å². The second-order valence-corrected chi connectivity index (χ2v) is 6.01. The quantitative estimate of drug-likeness (QED) is 0.847. The zero-order valence-corrected chi connectivity index (χ0v) is 13.8. The summed E-state index contributed by atoms with van der Waals surface area (Å²) in [5.41, 5.74) is 4.77. The van der Waals surface area contributed by atoms with Gasteiger partial charge in [-0.25, -0.2) is 4.39 Å². The summed E-state index contributed by atoms with van der Waals surface area (Å²) in [6.07, 6.45) is 0. The smallest absolute Gasteiger partial charge is 0.131 e. The molecular formula is C17H19BrFN. The highest BCUT2D eigenvalue weighted by Crippen LogP contribution is 2.31. The molecule has 2 rings (SSSR count). The second kappa shape index (κ2) is 6.06. The summed E-state index contributed by atoms with van der Waals surface area (Å²) in [7, 11) is 1.86. The predicted molar refractivity (Wildman–Crippen MR) is 85.7 cm³/mol. The van der Waals surface area contributed by atoms with Crippen molar-refractivity contribution in [1.29, 1.82) is 0 Å². The zero-order valence-electron chi connectivity index (χ0n) is 12.2. The van der Waals surface area contributed by atoms with Gasteiger partial charge in [0.05, 0.1) is 6.04 Å². The molecule has 0 aliphatic carbocycles. The fourth-order valence-electron chi connectivity index (χ4n) is 2.49. The number of hydrogen-bond acceptors (Lipinski definition) is 1. The third kappa shape index (κ3) is 2.79. The molecular weight excluding hydrogens is 317 g/mol. The number of aryl methyl sites for hydroxylation is 3. The summed E-state index contributed by atoms with van der Waals surface area (Å²) in [6.45, 7) is 5.90. The highest BCUT2D eigenvalue weighted by Gasteiger charge is 2.19. The summed E-state index contributed by atoms with van der Waals surface area (Å²) in [5.74, 6) is -0.133. The Morgan fingerprint density at radius 2 is 1.70 bits per heavy atom. The number of hydrogen-bond donors (Lipinski definition) is 1. The summed E-state index contributed by atoms with van der Waals surface area (Å²) in [4.78, 5) is 0. The Morgan fingerprint density at radius 1 is 1.00 bits per heavy atom. The summed E-state index contributed by atoms with van der Waals surface area (Å²) in [6, 6.07) is 9.61. The van der Waals surface area contributed by atoms with Gasteiger partial charge in [0.1, 0.15) is 5.82 Å². The van der Waals surface area contributed by atoms with Gasteiger partial charge < -0.3 is 5.32 Å². The lowest BCUT2D eigenvalue weighted by Gasteiger charge is -2.21. The van der Waals surface area contributed by atoms with Crippen molar-refractivity contribution < 1.29 is 4.39 Å². The van der Waals surface area contributed by atoms with Gasteiger partial charge in [0.25, 0.3) is 0 Å².